The maximum atomic E-state index is 12.8. The van der Waals surface area contributed by atoms with Crippen molar-refractivity contribution >= 4 is 23.2 Å². The molecule has 4 heterocycles. The average molecular weight is 431 g/mol. The zero-order valence-corrected chi connectivity index (χ0v) is 18.3. The number of amides is 2. The van der Waals surface area contributed by atoms with Crippen LogP contribution in [0.5, 0.6) is 0 Å². The number of carbonyl (C=O) groups excluding carboxylic acids is 2. The van der Waals surface area contributed by atoms with Crippen LogP contribution < -0.4 is 5.32 Å². The van der Waals surface area contributed by atoms with E-state index in [2.05, 4.69) is 27.5 Å². The molecule has 2 amide bonds. The summed E-state index contributed by atoms with van der Waals surface area (Å²) in [6.07, 6.45) is 6.19. The topological polar surface area (TPSA) is 78.7 Å². The Hall–Kier alpha value is -2.19. The van der Waals surface area contributed by atoms with Crippen molar-refractivity contribution in [1.82, 2.24) is 20.1 Å². The maximum absolute atomic E-state index is 12.8. The number of aromatic nitrogens is 1. The van der Waals surface area contributed by atoms with E-state index in [0.717, 1.165) is 45.3 Å². The van der Waals surface area contributed by atoms with Crippen molar-refractivity contribution in [3.8, 4) is 0 Å². The Balaban J connectivity index is 1.21. The highest BCUT2D eigenvalue weighted by atomic mass is 32.1. The van der Waals surface area contributed by atoms with Gasteiger partial charge in [-0.25, -0.2) is 4.98 Å². The van der Waals surface area contributed by atoms with Gasteiger partial charge in [0.05, 0.1) is 17.0 Å². The summed E-state index contributed by atoms with van der Waals surface area (Å²) in [5, 5.41) is 6.48. The van der Waals surface area contributed by atoms with E-state index >= 15 is 0 Å². The van der Waals surface area contributed by atoms with Gasteiger partial charge in [-0.2, -0.15) is 0 Å². The van der Waals surface area contributed by atoms with E-state index < -0.39 is 0 Å². The van der Waals surface area contributed by atoms with Gasteiger partial charge in [0.2, 0.25) is 5.91 Å². The molecule has 1 atom stereocenters. The number of furan rings is 1. The molecule has 0 spiro atoms. The molecule has 0 aromatic carbocycles. The van der Waals surface area contributed by atoms with Gasteiger partial charge in [0.25, 0.3) is 5.91 Å². The Kier molecular flexibility index (Phi) is 6.84. The summed E-state index contributed by atoms with van der Waals surface area (Å²) in [7, 11) is 0. The van der Waals surface area contributed by atoms with Crippen LogP contribution in [0.3, 0.4) is 0 Å². The van der Waals surface area contributed by atoms with Crippen LogP contribution in [0.25, 0.3) is 0 Å². The van der Waals surface area contributed by atoms with Crippen LogP contribution in [0.1, 0.15) is 53.9 Å². The van der Waals surface area contributed by atoms with E-state index in [9.17, 15) is 9.59 Å². The van der Waals surface area contributed by atoms with Crippen molar-refractivity contribution in [3.63, 3.8) is 0 Å². The van der Waals surface area contributed by atoms with E-state index in [-0.39, 0.29) is 17.9 Å². The number of likely N-dealkylation sites (tertiary alicyclic amines) is 2. The van der Waals surface area contributed by atoms with Gasteiger partial charge in [-0.1, -0.05) is 6.92 Å². The Morgan fingerprint density at radius 3 is 2.80 bits per heavy atom. The normalized spacial score (nSPS) is 20.6. The van der Waals surface area contributed by atoms with Gasteiger partial charge in [0, 0.05) is 25.0 Å². The largest absolute Gasteiger partial charge is 0.459 e. The zero-order chi connectivity index (χ0) is 20.9. The van der Waals surface area contributed by atoms with E-state index in [1.54, 1.807) is 28.4 Å². The molecule has 1 unspecified atom stereocenters. The van der Waals surface area contributed by atoms with Crippen LogP contribution in [0.2, 0.25) is 0 Å². The molecule has 162 valence electrons. The van der Waals surface area contributed by atoms with E-state index in [4.69, 9.17) is 4.42 Å². The number of carbonyl (C=O) groups is 2. The molecular formula is C22H30N4O3S. The molecule has 2 aromatic heterocycles. The number of piperidine rings is 1. The summed E-state index contributed by atoms with van der Waals surface area (Å²) in [5.74, 6) is 0.555. The molecule has 8 heteroatoms. The first kappa shape index (κ1) is 21.1. The fraction of sp³-hybridized carbons (Fsp3) is 0.591. The molecule has 2 saturated heterocycles. The predicted molar refractivity (Wildman–Crippen MR) is 115 cm³/mol. The van der Waals surface area contributed by atoms with Gasteiger partial charge in [0.15, 0.2) is 5.76 Å². The number of hydrogen-bond donors (Lipinski definition) is 1. The third-order valence-corrected chi connectivity index (χ3v) is 7.15. The highest BCUT2D eigenvalue weighted by Gasteiger charge is 2.35. The smallest absolute Gasteiger partial charge is 0.290 e. The molecule has 2 aromatic rings. The van der Waals surface area contributed by atoms with Crippen LogP contribution in [0.15, 0.2) is 28.2 Å². The van der Waals surface area contributed by atoms with Crippen molar-refractivity contribution in [2.75, 3.05) is 26.2 Å². The third kappa shape index (κ3) is 4.92. The van der Waals surface area contributed by atoms with Gasteiger partial charge in [-0.3, -0.25) is 14.5 Å². The molecule has 0 aliphatic carbocycles. The number of thiazole rings is 1. The highest BCUT2D eigenvalue weighted by Crippen LogP contribution is 2.22. The minimum Gasteiger partial charge on any atom is -0.459 e. The number of hydrogen-bond acceptors (Lipinski definition) is 6. The van der Waals surface area contributed by atoms with Gasteiger partial charge in [0.1, 0.15) is 6.04 Å². The summed E-state index contributed by atoms with van der Waals surface area (Å²) < 4.78 is 5.22. The van der Waals surface area contributed by atoms with E-state index in [0.29, 0.717) is 31.2 Å². The number of nitrogens with zero attached hydrogens (tertiary/aromatic N) is 3. The zero-order valence-electron chi connectivity index (χ0n) is 17.5. The van der Waals surface area contributed by atoms with Crippen molar-refractivity contribution in [3.05, 3.63) is 40.2 Å². The molecule has 30 heavy (non-hydrogen) atoms. The van der Waals surface area contributed by atoms with Crippen LogP contribution >= 0.6 is 11.3 Å². The third-order valence-electron chi connectivity index (χ3n) is 6.11. The first-order valence-corrected chi connectivity index (χ1v) is 11.8. The lowest BCUT2D eigenvalue weighted by atomic mass is 9.96. The van der Waals surface area contributed by atoms with Gasteiger partial charge >= 0.3 is 0 Å². The lowest BCUT2D eigenvalue weighted by Crippen LogP contribution is -2.47. The van der Waals surface area contributed by atoms with Crippen molar-refractivity contribution < 1.29 is 14.0 Å². The quantitative estimate of drug-likeness (QED) is 0.731. The lowest BCUT2D eigenvalue weighted by molar-refractivity contribution is -0.125. The monoisotopic (exact) mass is 430 g/mol. The van der Waals surface area contributed by atoms with Crippen LogP contribution in [-0.2, 0) is 17.8 Å². The Labute approximate surface area is 181 Å². The van der Waals surface area contributed by atoms with Crippen LogP contribution in [0, 0.1) is 5.92 Å². The van der Waals surface area contributed by atoms with Crippen molar-refractivity contribution in [2.24, 2.45) is 5.92 Å². The molecule has 0 radical (unpaired) electrons. The second kappa shape index (κ2) is 9.75. The molecule has 0 saturated carbocycles. The van der Waals surface area contributed by atoms with Crippen LogP contribution in [-0.4, -0.2) is 58.8 Å². The second-order valence-corrected chi connectivity index (χ2v) is 9.13. The molecule has 0 bridgehead atoms. The van der Waals surface area contributed by atoms with E-state index in [1.807, 2.05) is 0 Å². The molecule has 2 fully saturated rings. The number of rotatable bonds is 7. The fourth-order valence-corrected chi connectivity index (χ4v) is 5.08. The highest BCUT2D eigenvalue weighted by molar-refractivity contribution is 7.09. The SMILES string of the molecule is CCc1nc(CN2CCC(CNC(=O)C3CCCN3C(=O)c3ccco3)CC2)cs1. The van der Waals surface area contributed by atoms with Gasteiger partial charge in [-0.15, -0.1) is 11.3 Å². The second-order valence-electron chi connectivity index (χ2n) is 8.18. The standard InChI is InChI=1S/C22H30N4O3S/c1-2-20-24-17(15-30-20)14-25-10-7-16(8-11-25)13-23-21(27)18-5-3-9-26(18)22(28)19-6-4-12-29-19/h4,6,12,15-16,18H,2-3,5,7-11,13-14H2,1H3,(H,23,27). The molecule has 2 aliphatic heterocycles. The lowest BCUT2D eigenvalue weighted by Gasteiger charge is -2.32. The Morgan fingerprint density at radius 2 is 2.10 bits per heavy atom. The minimum absolute atomic E-state index is 0.0376. The minimum atomic E-state index is -0.389. The summed E-state index contributed by atoms with van der Waals surface area (Å²) >= 11 is 1.74. The number of nitrogens with one attached hydrogen (secondary N) is 1. The number of aryl methyl sites for hydroxylation is 1. The molecule has 2 aliphatic rings. The molecular weight excluding hydrogens is 400 g/mol. The Morgan fingerprint density at radius 1 is 1.27 bits per heavy atom. The van der Waals surface area contributed by atoms with Crippen LogP contribution in [0.4, 0.5) is 0 Å². The van der Waals surface area contributed by atoms with E-state index in [1.165, 1.54) is 17.0 Å². The summed E-state index contributed by atoms with van der Waals surface area (Å²) in [4.78, 5) is 34.1. The predicted octanol–water partition coefficient (Wildman–Crippen LogP) is 2.93. The van der Waals surface area contributed by atoms with Crippen molar-refractivity contribution in [2.45, 2.75) is 51.6 Å². The van der Waals surface area contributed by atoms with Crippen molar-refractivity contribution in [1.29, 1.82) is 0 Å². The van der Waals surface area contributed by atoms with Gasteiger partial charge < -0.3 is 14.6 Å². The summed E-state index contributed by atoms with van der Waals surface area (Å²) in [5.41, 5.74) is 1.17. The average Bonchev–Trinajstić information content (AvgIpc) is 3.54. The fourth-order valence-electron chi connectivity index (χ4n) is 4.35. The molecule has 4 rings (SSSR count). The Bertz CT molecular complexity index is 842. The van der Waals surface area contributed by atoms with Gasteiger partial charge in [-0.05, 0) is 63.2 Å². The first-order valence-electron chi connectivity index (χ1n) is 10.9. The molecule has 1 N–H and O–H groups in total. The molecule has 7 nitrogen and oxygen atoms in total. The summed E-state index contributed by atoms with van der Waals surface area (Å²) in [6.45, 7) is 6.41. The summed E-state index contributed by atoms with van der Waals surface area (Å²) in [6, 6.07) is 2.96. The maximum Gasteiger partial charge on any atom is 0.290 e. The first-order chi connectivity index (χ1) is 14.6.